The van der Waals surface area contributed by atoms with Gasteiger partial charge in [0.1, 0.15) is 6.20 Å². The third kappa shape index (κ3) is 3.27. The minimum Gasteiger partial charge on any atom is -0.486 e. The van der Waals surface area contributed by atoms with E-state index in [0.717, 1.165) is 0 Å². The molecular weight excluding hydrogens is 196 g/mol. The Morgan fingerprint density at radius 2 is 2.47 bits per heavy atom. The van der Waals surface area contributed by atoms with Crippen molar-refractivity contribution in [3.63, 3.8) is 0 Å². The van der Waals surface area contributed by atoms with Gasteiger partial charge in [-0.1, -0.05) is 0 Å². The van der Waals surface area contributed by atoms with Crippen LogP contribution in [0.5, 0.6) is 5.75 Å². The fraction of sp³-hybridized carbons (Fsp3) is 0.300. The highest BCUT2D eigenvalue weighted by molar-refractivity contribution is 5.38. The number of hydrogen-bond donors (Lipinski definition) is 0. The van der Waals surface area contributed by atoms with Crippen LogP contribution in [0.2, 0.25) is 0 Å². The maximum atomic E-state index is 10.5. The van der Waals surface area contributed by atoms with Crippen molar-refractivity contribution >= 4 is 5.82 Å². The molecule has 0 aliphatic rings. The van der Waals surface area contributed by atoms with E-state index < -0.39 is 4.92 Å². The number of hydrogen-bond acceptors (Lipinski definition) is 4. The van der Waals surface area contributed by atoms with Crippen molar-refractivity contribution in [2.24, 2.45) is 0 Å². The Labute approximate surface area is 87.2 Å². The average molecular weight is 206 g/mol. The molecule has 0 saturated heterocycles. The molecule has 0 atom stereocenters. The molecule has 5 nitrogen and oxygen atoms in total. The molecule has 0 unspecified atom stereocenters. The highest BCUT2D eigenvalue weighted by atomic mass is 16.6. The fourth-order valence-corrected chi connectivity index (χ4v) is 0.988. The van der Waals surface area contributed by atoms with Gasteiger partial charge < -0.3 is 14.9 Å². The first-order chi connectivity index (χ1) is 7.25. The SMILES string of the molecule is C#CCCCOc1cccnc1[N+](=O)[O-]. The maximum absolute atomic E-state index is 10.5. The van der Waals surface area contributed by atoms with Gasteiger partial charge in [-0.15, -0.1) is 12.3 Å². The summed E-state index contributed by atoms with van der Waals surface area (Å²) in [5.74, 6) is 2.38. The van der Waals surface area contributed by atoms with Gasteiger partial charge in [0.25, 0.3) is 0 Å². The third-order valence-electron chi connectivity index (χ3n) is 1.65. The van der Waals surface area contributed by atoms with Crippen molar-refractivity contribution in [2.45, 2.75) is 12.8 Å². The van der Waals surface area contributed by atoms with E-state index in [9.17, 15) is 10.1 Å². The van der Waals surface area contributed by atoms with Crippen molar-refractivity contribution in [3.8, 4) is 18.1 Å². The minimum atomic E-state index is -0.573. The van der Waals surface area contributed by atoms with Crippen LogP contribution in [0.25, 0.3) is 0 Å². The van der Waals surface area contributed by atoms with E-state index in [4.69, 9.17) is 11.2 Å². The summed E-state index contributed by atoms with van der Waals surface area (Å²) in [7, 11) is 0. The summed E-state index contributed by atoms with van der Waals surface area (Å²) >= 11 is 0. The second-order valence-corrected chi connectivity index (χ2v) is 2.74. The zero-order chi connectivity index (χ0) is 11.1. The van der Waals surface area contributed by atoms with Gasteiger partial charge in [-0.2, -0.15) is 0 Å². The molecule has 0 aliphatic carbocycles. The van der Waals surface area contributed by atoms with E-state index in [1.807, 2.05) is 0 Å². The van der Waals surface area contributed by atoms with E-state index in [-0.39, 0.29) is 11.6 Å². The average Bonchev–Trinajstić information content (AvgIpc) is 2.25. The number of aromatic nitrogens is 1. The molecule has 0 amide bonds. The summed E-state index contributed by atoms with van der Waals surface area (Å²) in [5, 5.41) is 10.5. The molecule has 0 fully saturated rings. The van der Waals surface area contributed by atoms with Crippen LogP contribution < -0.4 is 4.74 Å². The van der Waals surface area contributed by atoms with Crippen molar-refractivity contribution in [1.29, 1.82) is 0 Å². The molecule has 1 heterocycles. The quantitative estimate of drug-likeness (QED) is 0.319. The van der Waals surface area contributed by atoms with Crippen LogP contribution in [0.4, 0.5) is 5.82 Å². The monoisotopic (exact) mass is 206 g/mol. The van der Waals surface area contributed by atoms with Gasteiger partial charge in [0.05, 0.1) is 6.61 Å². The lowest BCUT2D eigenvalue weighted by molar-refractivity contribution is -0.390. The summed E-state index contributed by atoms with van der Waals surface area (Å²) in [6, 6.07) is 3.10. The number of pyridine rings is 1. The summed E-state index contributed by atoms with van der Waals surface area (Å²) in [5.41, 5.74) is 0. The highest BCUT2D eigenvalue weighted by Crippen LogP contribution is 2.22. The summed E-state index contributed by atoms with van der Waals surface area (Å²) in [6.45, 7) is 0.358. The number of unbranched alkanes of at least 4 members (excludes halogenated alkanes) is 1. The summed E-state index contributed by atoms with van der Waals surface area (Å²) in [6.07, 6.45) is 7.67. The molecule has 0 spiro atoms. The number of terminal acetylenes is 1. The van der Waals surface area contributed by atoms with Gasteiger partial charge in [-0.3, -0.25) is 0 Å². The zero-order valence-corrected chi connectivity index (χ0v) is 8.05. The molecule has 5 heteroatoms. The molecule has 1 aromatic rings. The molecule has 15 heavy (non-hydrogen) atoms. The second kappa shape index (κ2) is 5.60. The molecular formula is C10H10N2O3. The van der Waals surface area contributed by atoms with Gasteiger partial charge in [0.15, 0.2) is 0 Å². The Balaban J connectivity index is 2.60. The molecule has 0 saturated carbocycles. The summed E-state index contributed by atoms with van der Waals surface area (Å²) in [4.78, 5) is 13.6. The van der Waals surface area contributed by atoms with Crippen LogP contribution in [0, 0.1) is 22.5 Å². The Hall–Kier alpha value is -2.09. The smallest absolute Gasteiger partial charge is 0.406 e. The van der Waals surface area contributed by atoms with Crippen molar-refractivity contribution in [3.05, 3.63) is 28.4 Å². The van der Waals surface area contributed by atoms with Crippen molar-refractivity contribution < 1.29 is 9.66 Å². The molecule has 0 N–H and O–H groups in total. The third-order valence-corrected chi connectivity index (χ3v) is 1.65. The first kappa shape index (κ1) is 11.0. The summed E-state index contributed by atoms with van der Waals surface area (Å²) < 4.78 is 5.20. The lowest BCUT2D eigenvalue weighted by atomic mass is 10.3. The Morgan fingerprint density at radius 3 is 3.13 bits per heavy atom. The van der Waals surface area contributed by atoms with Crippen molar-refractivity contribution in [2.75, 3.05) is 6.61 Å². The number of rotatable bonds is 5. The predicted octanol–water partition coefficient (Wildman–Crippen LogP) is 1.78. The van der Waals surface area contributed by atoms with E-state index in [1.165, 1.54) is 12.3 Å². The Kier molecular flexibility index (Phi) is 4.10. The van der Waals surface area contributed by atoms with Crippen LogP contribution in [-0.4, -0.2) is 16.5 Å². The van der Waals surface area contributed by atoms with Crippen LogP contribution in [0.15, 0.2) is 18.3 Å². The standard InChI is InChI=1S/C10H10N2O3/c1-2-3-4-8-15-9-6-5-7-11-10(9)12(13)14/h1,5-7H,3-4,8H2. The van der Waals surface area contributed by atoms with E-state index in [0.29, 0.717) is 19.4 Å². The Morgan fingerprint density at radius 1 is 1.67 bits per heavy atom. The van der Waals surface area contributed by atoms with Crippen LogP contribution in [-0.2, 0) is 0 Å². The zero-order valence-electron chi connectivity index (χ0n) is 8.05. The van der Waals surface area contributed by atoms with E-state index in [1.54, 1.807) is 6.07 Å². The van der Waals surface area contributed by atoms with Crippen LogP contribution >= 0.6 is 0 Å². The second-order valence-electron chi connectivity index (χ2n) is 2.74. The molecule has 0 radical (unpaired) electrons. The highest BCUT2D eigenvalue weighted by Gasteiger charge is 2.14. The normalized spacial score (nSPS) is 9.27. The van der Waals surface area contributed by atoms with E-state index >= 15 is 0 Å². The fourth-order valence-electron chi connectivity index (χ4n) is 0.988. The molecule has 0 aliphatic heterocycles. The molecule has 78 valence electrons. The van der Waals surface area contributed by atoms with Gasteiger partial charge in [0, 0.05) is 6.42 Å². The first-order valence-electron chi connectivity index (χ1n) is 4.41. The number of nitro groups is 1. The minimum absolute atomic E-state index is 0.180. The van der Waals surface area contributed by atoms with Crippen LogP contribution in [0.3, 0.4) is 0 Å². The maximum Gasteiger partial charge on any atom is 0.406 e. The molecule has 0 aromatic carbocycles. The van der Waals surface area contributed by atoms with Gasteiger partial charge in [0.2, 0.25) is 5.75 Å². The first-order valence-corrected chi connectivity index (χ1v) is 4.41. The lowest BCUT2D eigenvalue weighted by Crippen LogP contribution is -2.01. The lowest BCUT2D eigenvalue weighted by Gasteiger charge is -2.04. The van der Waals surface area contributed by atoms with Crippen molar-refractivity contribution in [1.82, 2.24) is 4.98 Å². The number of ether oxygens (including phenoxy) is 1. The molecule has 0 bridgehead atoms. The Bertz CT molecular complexity index is 384. The molecule has 1 rings (SSSR count). The molecule has 1 aromatic heterocycles. The number of nitrogens with zero attached hydrogens (tertiary/aromatic N) is 2. The van der Waals surface area contributed by atoms with Gasteiger partial charge in [-0.05, 0) is 28.5 Å². The predicted molar refractivity (Wildman–Crippen MR) is 54.5 cm³/mol. The van der Waals surface area contributed by atoms with E-state index in [2.05, 4.69) is 10.9 Å². The topological polar surface area (TPSA) is 65.3 Å². The van der Waals surface area contributed by atoms with Gasteiger partial charge in [-0.25, -0.2) is 0 Å². The van der Waals surface area contributed by atoms with Gasteiger partial charge >= 0.3 is 5.82 Å². The largest absolute Gasteiger partial charge is 0.486 e. The van der Waals surface area contributed by atoms with Crippen LogP contribution in [0.1, 0.15) is 12.8 Å².